The summed E-state index contributed by atoms with van der Waals surface area (Å²) >= 11 is 6.21. The predicted molar refractivity (Wildman–Crippen MR) is 78.7 cm³/mol. The molecule has 0 aliphatic carbocycles. The van der Waals surface area contributed by atoms with E-state index in [1.807, 2.05) is 31.2 Å². The fraction of sp³-hybridized carbons (Fsp3) is 0.0714. The Hall–Kier alpha value is -2.40. The van der Waals surface area contributed by atoms with Gasteiger partial charge in [0.05, 0.1) is 10.7 Å². The fourth-order valence-electron chi connectivity index (χ4n) is 2.00. The lowest BCUT2D eigenvalue weighted by atomic mass is 10.1. The van der Waals surface area contributed by atoms with Gasteiger partial charge in [0, 0.05) is 11.3 Å². The zero-order chi connectivity index (χ0) is 14.1. The van der Waals surface area contributed by atoms with E-state index in [0.29, 0.717) is 22.1 Å². The van der Waals surface area contributed by atoms with Gasteiger partial charge in [0.1, 0.15) is 0 Å². The summed E-state index contributed by atoms with van der Waals surface area (Å²) in [4.78, 5) is 0. The Balaban J connectivity index is 2.18. The van der Waals surface area contributed by atoms with Crippen LogP contribution in [0.15, 0.2) is 42.5 Å². The molecule has 3 aromatic rings. The smallest absolute Gasteiger partial charge is 0.188 e. The number of tetrazole rings is 1. The first-order valence-corrected chi connectivity index (χ1v) is 6.44. The number of anilines is 1. The Morgan fingerprint density at radius 2 is 2.00 bits per heavy atom. The molecule has 3 rings (SSSR count). The van der Waals surface area contributed by atoms with Crippen LogP contribution in [0.3, 0.4) is 0 Å². The largest absolute Gasteiger partial charge is 0.399 e. The van der Waals surface area contributed by atoms with Crippen molar-refractivity contribution in [2.24, 2.45) is 0 Å². The molecule has 0 saturated carbocycles. The first-order valence-electron chi connectivity index (χ1n) is 6.06. The van der Waals surface area contributed by atoms with Crippen molar-refractivity contribution >= 4 is 17.3 Å². The van der Waals surface area contributed by atoms with E-state index in [1.54, 1.807) is 22.9 Å². The highest BCUT2D eigenvalue weighted by atomic mass is 35.5. The average Bonchev–Trinajstić information content (AvgIpc) is 2.90. The van der Waals surface area contributed by atoms with Crippen LogP contribution in [0.4, 0.5) is 5.69 Å². The van der Waals surface area contributed by atoms with Gasteiger partial charge in [0.15, 0.2) is 5.82 Å². The van der Waals surface area contributed by atoms with E-state index in [1.165, 1.54) is 0 Å². The Morgan fingerprint density at radius 3 is 2.80 bits per heavy atom. The minimum atomic E-state index is 0.558. The Bertz CT molecular complexity index is 766. The fourth-order valence-corrected chi connectivity index (χ4v) is 2.20. The van der Waals surface area contributed by atoms with Crippen LogP contribution in [0.2, 0.25) is 5.02 Å². The third-order valence-electron chi connectivity index (χ3n) is 2.95. The molecule has 6 heteroatoms. The van der Waals surface area contributed by atoms with Crippen LogP contribution >= 0.6 is 11.6 Å². The van der Waals surface area contributed by atoms with Gasteiger partial charge >= 0.3 is 0 Å². The Labute approximate surface area is 121 Å². The molecule has 0 radical (unpaired) electrons. The highest BCUT2D eigenvalue weighted by Crippen LogP contribution is 2.29. The van der Waals surface area contributed by atoms with Gasteiger partial charge in [-0.25, -0.2) is 0 Å². The maximum absolute atomic E-state index is 6.21. The molecule has 2 aromatic carbocycles. The second-order valence-electron chi connectivity index (χ2n) is 4.49. The number of benzene rings is 2. The number of aromatic nitrogens is 4. The lowest BCUT2D eigenvalue weighted by molar-refractivity contribution is 0.790. The van der Waals surface area contributed by atoms with Crippen LogP contribution < -0.4 is 5.73 Å². The van der Waals surface area contributed by atoms with Crippen LogP contribution in [-0.4, -0.2) is 20.2 Å². The van der Waals surface area contributed by atoms with Crippen LogP contribution in [0.1, 0.15) is 5.56 Å². The summed E-state index contributed by atoms with van der Waals surface area (Å²) in [5.41, 5.74) is 9.14. The summed E-state index contributed by atoms with van der Waals surface area (Å²) < 4.78 is 1.65. The highest BCUT2D eigenvalue weighted by molar-refractivity contribution is 6.33. The Kier molecular flexibility index (Phi) is 3.12. The number of nitrogen functional groups attached to an aromatic ring is 1. The molecule has 5 nitrogen and oxygen atoms in total. The van der Waals surface area contributed by atoms with Gasteiger partial charge in [-0.05, 0) is 53.2 Å². The number of nitrogens with zero attached hydrogens (tertiary/aromatic N) is 4. The quantitative estimate of drug-likeness (QED) is 0.735. The third kappa shape index (κ3) is 2.23. The van der Waals surface area contributed by atoms with E-state index in [2.05, 4.69) is 15.5 Å². The van der Waals surface area contributed by atoms with Crippen molar-refractivity contribution in [3.8, 4) is 17.1 Å². The molecule has 100 valence electrons. The van der Waals surface area contributed by atoms with E-state index in [9.17, 15) is 0 Å². The maximum atomic E-state index is 6.21. The summed E-state index contributed by atoms with van der Waals surface area (Å²) in [6.07, 6.45) is 0. The third-order valence-corrected chi connectivity index (χ3v) is 3.28. The van der Waals surface area contributed by atoms with E-state index in [-0.39, 0.29) is 0 Å². The number of rotatable bonds is 2. The maximum Gasteiger partial charge on any atom is 0.188 e. The molecule has 0 saturated heterocycles. The SMILES string of the molecule is Cc1cccc(-n2nnnc2-c2cc(N)ccc2Cl)c1. The molecule has 0 spiro atoms. The lowest BCUT2D eigenvalue weighted by Crippen LogP contribution is -2.01. The van der Waals surface area contributed by atoms with E-state index >= 15 is 0 Å². The van der Waals surface area contributed by atoms with Gasteiger partial charge in [-0.2, -0.15) is 4.68 Å². The number of aryl methyl sites for hydroxylation is 1. The van der Waals surface area contributed by atoms with Gasteiger partial charge in [-0.1, -0.05) is 23.7 Å². The Morgan fingerprint density at radius 1 is 1.15 bits per heavy atom. The van der Waals surface area contributed by atoms with Crippen LogP contribution in [0, 0.1) is 6.92 Å². The molecule has 0 aliphatic rings. The lowest BCUT2D eigenvalue weighted by Gasteiger charge is -2.07. The molecule has 0 unspecified atom stereocenters. The summed E-state index contributed by atoms with van der Waals surface area (Å²) in [6, 6.07) is 13.2. The van der Waals surface area contributed by atoms with Crippen molar-refractivity contribution in [1.29, 1.82) is 0 Å². The molecule has 0 amide bonds. The minimum Gasteiger partial charge on any atom is -0.399 e. The normalized spacial score (nSPS) is 10.7. The molecule has 0 aliphatic heterocycles. The average molecular weight is 286 g/mol. The summed E-state index contributed by atoms with van der Waals surface area (Å²) in [5.74, 6) is 0.563. The zero-order valence-corrected chi connectivity index (χ0v) is 11.5. The monoisotopic (exact) mass is 285 g/mol. The number of halogens is 1. The van der Waals surface area contributed by atoms with Crippen molar-refractivity contribution in [3.63, 3.8) is 0 Å². The number of nitrogens with two attached hydrogens (primary N) is 1. The number of hydrogen-bond donors (Lipinski definition) is 1. The number of hydrogen-bond acceptors (Lipinski definition) is 4. The predicted octanol–water partition coefficient (Wildman–Crippen LogP) is 2.87. The molecule has 0 atom stereocenters. The van der Waals surface area contributed by atoms with Crippen molar-refractivity contribution in [2.75, 3.05) is 5.73 Å². The molecule has 1 heterocycles. The highest BCUT2D eigenvalue weighted by Gasteiger charge is 2.14. The van der Waals surface area contributed by atoms with Gasteiger partial charge < -0.3 is 5.73 Å². The molecule has 1 aromatic heterocycles. The van der Waals surface area contributed by atoms with Crippen LogP contribution in [-0.2, 0) is 0 Å². The van der Waals surface area contributed by atoms with Crippen LogP contribution in [0.25, 0.3) is 17.1 Å². The van der Waals surface area contributed by atoms with E-state index < -0.39 is 0 Å². The molecular weight excluding hydrogens is 274 g/mol. The molecule has 0 fully saturated rings. The minimum absolute atomic E-state index is 0.558. The molecule has 2 N–H and O–H groups in total. The van der Waals surface area contributed by atoms with Gasteiger partial charge in [-0.3, -0.25) is 0 Å². The van der Waals surface area contributed by atoms with Gasteiger partial charge in [-0.15, -0.1) is 5.10 Å². The van der Waals surface area contributed by atoms with Gasteiger partial charge in [0.2, 0.25) is 0 Å². The second-order valence-corrected chi connectivity index (χ2v) is 4.90. The van der Waals surface area contributed by atoms with Crippen molar-refractivity contribution < 1.29 is 0 Å². The van der Waals surface area contributed by atoms with Gasteiger partial charge in [0.25, 0.3) is 0 Å². The zero-order valence-electron chi connectivity index (χ0n) is 10.8. The summed E-state index contributed by atoms with van der Waals surface area (Å²) in [6.45, 7) is 2.01. The first kappa shape index (κ1) is 12.6. The second kappa shape index (κ2) is 4.94. The van der Waals surface area contributed by atoms with Crippen molar-refractivity contribution in [2.45, 2.75) is 6.92 Å². The van der Waals surface area contributed by atoms with Crippen molar-refractivity contribution in [3.05, 3.63) is 53.1 Å². The van der Waals surface area contributed by atoms with Crippen LogP contribution in [0.5, 0.6) is 0 Å². The van der Waals surface area contributed by atoms with Crippen molar-refractivity contribution in [1.82, 2.24) is 20.2 Å². The molecule has 0 bridgehead atoms. The van der Waals surface area contributed by atoms with E-state index in [4.69, 9.17) is 17.3 Å². The summed E-state index contributed by atoms with van der Waals surface area (Å²) in [7, 11) is 0. The first-order chi connectivity index (χ1) is 9.65. The topological polar surface area (TPSA) is 69.6 Å². The standard InChI is InChI=1S/C14H12ClN5/c1-9-3-2-4-11(7-9)20-14(17-18-19-20)12-8-10(16)5-6-13(12)15/h2-8H,16H2,1H3. The molecular formula is C14H12ClN5. The molecule has 20 heavy (non-hydrogen) atoms. The summed E-state index contributed by atoms with van der Waals surface area (Å²) in [5, 5.41) is 12.4. The van der Waals surface area contributed by atoms with E-state index in [0.717, 1.165) is 11.3 Å².